The summed E-state index contributed by atoms with van der Waals surface area (Å²) in [5, 5.41) is 3.99. The number of benzene rings is 1. The molecular weight excluding hydrogens is 358 g/mol. The van der Waals surface area contributed by atoms with Gasteiger partial charge in [0.2, 0.25) is 5.91 Å². The summed E-state index contributed by atoms with van der Waals surface area (Å²) in [6.07, 6.45) is 4.58. The van der Waals surface area contributed by atoms with E-state index in [2.05, 4.69) is 22.2 Å². The molecule has 0 unspecified atom stereocenters. The van der Waals surface area contributed by atoms with Gasteiger partial charge in [-0.1, -0.05) is 18.7 Å². The first-order valence-corrected chi connectivity index (χ1v) is 10.4. The number of nitrogens with zero attached hydrogens (tertiary/aromatic N) is 2. The Balaban J connectivity index is 1.59. The van der Waals surface area contributed by atoms with Crippen molar-refractivity contribution in [2.45, 2.75) is 50.6 Å². The smallest absolute Gasteiger partial charge is 0.230 e. The van der Waals surface area contributed by atoms with Crippen LogP contribution >= 0.6 is 11.8 Å². The lowest BCUT2D eigenvalue weighted by Crippen LogP contribution is -2.38. The molecule has 0 atom stereocenters. The zero-order valence-corrected chi connectivity index (χ0v) is 17.0. The van der Waals surface area contributed by atoms with Gasteiger partial charge in [0.1, 0.15) is 10.8 Å². The monoisotopic (exact) mass is 385 g/mol. The highest BCUT2D eigenvalue weighted by Gasteiger charge is 2.19. The Morgan fingerprint density at radius 1 is 1.19 bits per heavy atom. The van der Waals surface area contributed by atoms with E-state index in [1.807, 2.05) is 37.3 Å². The molecule has 1 saturated carbocycles. The molecule has 5 nitrogen and oxygen atoms in total. The van der Waals surface area contributed by atoms with E-state index < -0.39 is 0 Å². The van der Waals surface area contributed by atoms with Crippen molar-refractivity contribution in [3.63, 3.8) is 0 Å². The third-order valence-electron chi connectivity index (χ3n) is 4.91. The van der Waals surface area contributed by atoms with E-state index in [1.165, 1.54) is 24.6 Å². The van der Waals surface area contributed by atoms with Crippen LogP contribution in [0.1, 0.15) is 38.3 Å². The molecule has 1 fully saturated rings. The van der Waals surface area contributed by atoms with Crippen LogP contribution < -0.4 is 10.1 Å². The average molecular weight is 386 g/mol. The maximum atomic E-state index is 12.3. The van der Waals surface area contributed by atoms with Gasteiger partial charge >= 0.3 is 0 Å². The van der Waals surface area contributed by atoms with Gasteiger partial charge < -0.3 is 10.1 Å². The molecule has 0 spiro atoms. The molecule has 1 N–H and O–H groups in total. The molecule has 0 aliphatic heterocycles. The van der Waals surface area contributed by atoms with Crippen LogP contribution in [0.5, 0.6) is 5.75 Å². The summed E-state index contributed by atoms with van der Waals surface area (Å²) in [4.78, 5) is 21.4. The van der Waals surface area contributed by atoms with Crippen LogP contribution in [0.3, 0.4) is 0 Å². The summed E-state index contributed by atoms with van der Waals surface area (Å²) in [5.74, 6) is 2.72. The second-order valence-electron chi connectivity index (χ2n) is 7.21. The molecule has 1 amide bonds. The Hall–Kier alpha value is -2.08. The van der Waals surface area contributed by atoms with Crippen molar-refractivity contribution in [1.29, 1.82) is 0 Å². The summed E-state index contributed by atoms with van der Waals surface area (Å²) in [6.45, 7) is 4.23. The Morgan fingerprint density at radius 3 is 2.56 bits per heavy atom. The lowest BCUT2D eigenvalue weighted by Gasteiger charge is -2.26. The molecule has 27 heavy (non-hydrogen) atoms. The van der Waals surface area contributed by atoms with Crippen LogP contribution in [0.2, 0.25) is 0 Å². The van der Waals surface area contributed by atoms with Gasteiger partial charge in [0.25, 0.3) is 0 Å². The molecule has 1 aliphatic carbocycles. The highest BCUT2D eigenvalue weighted by Crippen LogP contribution is 2.25. The predicted molar refractivity (Wildman–Crippen MR) is 109 cm³/mol. The third kappa shape index (κ3) is 5.70. The maximum Gasteiger partial charge on any atom is 0.230 e. The van der Waals surface area contributed by atoms with Gasteiger partial charge in [0.15, 0.2) is 5.82 Å². The quantitative estimate of drug-likeness (QED) is 0.595. The van der Waals surface area contributed by atoms with Crippen molar-refractivity contribution in [2.75, 3.05) is 12.9 Å². The van der Waals surface area contributed by atoms with E-state index in [-0.39, 0.29) is 5.91 Å². The summed E-state index contributed by atoms with van der Waals surface area (Å²) in [5.41, 5.74) is 1.82. The number of aryl methyl sites for hydroxylation is 1. The molecule has 1 aromatic heterocycles. The molecular formula is C21H27N3O2S. The van der Waals surface area contributed by atoms with Gasteiger partial charge in [-0.3, -0.25) is 4.79 Å². The number of thioether (sulfide) groups is 1. The van der Waals surface area contributed by atoms with E-state index in [4.69, 9.17) is 4.74 Å². The minimum absolute atomic E-state index is 0.0850. The van der Waals surface area contributed by atoms with E-state index in [0.717, 1.165) is 40.8 Å². The first-order chi connectivity index (χ1) is 13.0. The van der Waals surface area contributed by atoms with Gasteiger partial charge in [-0.15, -0.1) is 0 Å². The zero-order valence-electron chi connectivity index (χ0n) is 16.2. The molecule has 144 valence electrons. The zero-order chi connectivity index (χ0) is 19.2. The number of hydrogen-bond donors (Lipinski definition) is 1. The van der Waals surface area contributed by atoms with Gasteiger partial charge in [-0.2, -0.15) is 0 Å². The fourth-order valence-corrected chi connectivity index (χ4v) is 4.06. The van der Waals surface area contributed by atoms with Crippen LogP contribution in [0, 0.1) is 12.8 Å². The van der Waals surface area contributed by atoms with Gasteiger partial charge in [-0.25, -0.2) is 9.97 Å². The fourth-order valence-electron chi connectivity index (χ4n) is 3.30. The number of carbonyl (C=O) groups is 1. The largest absolute Gasteiger partial charge is 0.497 e. The number of nitrogens with one attached hydrogen (secondary N) is 1. The lowest BCUT2D eigenvalue weighted by atomic mass is 9.87. The van der Waals surface area contributed by atoms with Crippen LogP contribution in [-0.4, -0.2) is 34.8 Å². The van der Waals surface area contributed by atoms with E-state index in [1.54, 1.807) is 7.11 Å². The summed E-state index contributed by atoms with van der Waals surface area (Å²) in [7, 11) is 1.64. The van der Waals surface area contributed by atoms with Crippen molar-refractivity contribution < 1.29 is 9.53 Å². The minimum atomic E-state index is 0.0850. The Morgan fingerprint density at radius 2 is 1.89 bits per heavy atom. The number of amides is 1. The standard InChI is InChI=1S/C21H27N3O2S/c1-14-4-8-17(9-5-14)23-19(25)13-27-20-12-15(2)22-21(24-20)16-6-10-18(26-3)11-7-16/h6-7,10-12,14,17H,4-5,8-9,13H2,1-3H3,(H,23,25). The number of methoxy groups -OCH3 is 1. The van der Waals surface area contributed by atoms with Gasteiger partial charge in [-0.05, 0) is 68.9 Å². The molecule has 6 heteroatoms. The number of aromatic nitrogens is 2. The number of carbonyl (C=O) groups excluding carboxylic acids is 1. The average Bonchev–Trinajstić information content (AvgIpc) is 2.68. The van der Waals surface area contributed by atoms with Gasteiger partial charge in [0.05, 0.1) is 12.9 Å². The molecule has 0 bridgehead atoms. The number of rotatable bonds is 6. The van der Waals surface area contributed by atoms with E-state index in [9.17, 15) is 4.79 Å². The van der Waals surface area contributed by atoms with E-state index in [0.29, 0.717) is 17.6 Å². The first kappa shape index (κ1) is 19.7. The van der Waals surface area contributed by atoms with Crippen molar-refractivity contribution >= 4 is 17.7 Å². The Labute approximate surface area is 165 Å². The maximum absolute atomic E-state index is 12.3. The minimum Gasteiger partial charge on any atom is -0.497 e. The molecule has 3 rings (SSSR count). The van der Waals surface area contributed by atoms with Crippen LogP contribution in [0.4, 0.5) is 0 Å². The highest BCUT2D eigenvalue weighted by molar-refractivity contribution is 7.99. The van der Waals surface area contributed by atoms with Crippen LogP contribution in [0.25, 0.3) is 11.4 Å². The highest BCUT2D eigenvalue weighted by atomic mass is 32.2. The lowest BCUT2D eigenvalue weighted by molar-refractivity contribution is -0.119. The Kier molecular flexibility index (Phi) is 6.72. The predicted octanol–water partition coefficient (Wildman–Crippen LogP) is 4.25. The molecule has 1 aliphatic rings. The first-order valence-electron chi connectivity index (χ1n) is 9.46. The molecule has 2 aromatic rings. The molecule has 0 radical (unpaired) electrons. The Bertz CT molecular complexity index is 771. The van der Waals surface area contributed by atoms with E-state index >= 15 is 0 Å². The number of hydrogen-bond acceptors (Lipinski definition) is 5. The normalized spacial score (nSPS) is 19.5. The molecule has 1 aromatic carbocycles. The SMILES string of the molecule is COc1ccc(-c2nc(C)cc(SCC(=O)NC3CCC(C)CC3)n2)cc1. The second-order valence-corrected chi connectivity index (χ2v) is 8.21. The van der Waals surface area contributed by atoms with Crippen molar-refractivity contribution in [3.05, 3.63) is 36.0 Å². The fraction of sp³-hybridized carbons (Fsp3) is 0.476. The van der Waals surface area contributed by atoms with Crippen LogP contribution in [0.15, 0.2) is 35.4 Å². The summed E-state index contributed by atoms with van der Waals surface area (Å²) >= 11 is 1.46. The van der Waals surface area contributed by atoms with Gasteiger partial charge in [0, 0.05) is 17.3 Å². The molecule has 0 saturated heterocycles. The third-order valence-corrected chi connectivity index (χ3v) is 5.82. The second kappa shape index (κ2) is 9.22. The summed E-state index contributed by atoms with van der Waals surface area (Å²) < 4.78 is 5.20. The van der Waals surface area contributed by atoms with Crippen molar-refractivity contribution in [1.82, 2.24) is 15.3 Å². The van der Waals surface area contributed by atoms with Crippen molar-refractivity contribution in [3.8, 4) is 17.1 Å². The number of ether oxygens (including phenoxy) is 1. The topological polar surface area (TPSA) is 64.1 Å². The molecule has 1 heterocycles. The van der Waals surface area contributed by atoms with Crippen molar-refractivity contribution in [2.24, 2.45) is 5.92 Å². The summed E-state index contributed by atoms with van der Waals surface area (Å²) in [6, 6.07) is 9.93. The van der Waals surface area contributed by atoms with Crippen LogP contribution in [-0.2, 0) is 4.79 Å².